The first-order valence-corrected chi connectivity index (χ1v) is 7.42. The Bertz CT molecular complexity index is 567. The summed E-state index contributed by atoms with van der Waals surface area (Å²) in [6, 6.07) is 17.6. The summed E-state index contributed by atoms with van der Waals surface area (Å²) in [4.78, 5) is 2.52. The summed E-state index contributed by atoms with van der Waals surface area (Å²) in [5, 5.41) is 3.43. The number of halogens is 2. The van der Waals surface area contributed by atoms with E-state index in [0.717, 1.165) is 32.6 Å². The van der Waals surface area contributed by atoms with Crippen LogP contribution in [0.25, 0.3) is 0 Å². The smallest absolute Gasteiger partial charge is 0.0405 e. The Labute approximate surface area is 145 Å². The summed E-state index contributed by atoms with van der Waals surface area (Å²) in [6.07, 6.45) is 1.01. The van der Waals surface area contributed by atoms with E-state index in [-0.39, 0.29) is 24.8 Å². The molecule has 1 N–H and O–H groups in total. The molecule has 2 aromatic rings. The van der Waals surface area contributed by atoms with Gasteiger partial charge in [0.15, 0.2) is 0 Å². The van der Waals surface area contributed by atoms with Gasteiger partial charge < -0.3 is 10.2 Å². The average molecular weight is 339 g/mol. The quantitative estimate of drug-likeness (QED) is 0.914. The Hall–Kier alpha value is -1.22. The minimum atomic E-state index is 0. The third-order valence-electron chi connectivity index (χ3n) is 3.94. The lowest BCUT2D eigenvalue weighted by molar-refractivity contribution is 0.588. The van der Waals surface area contributed by atoms with Crippen LogP contribution in [0.4, 0.5) is 5.69 Å². The standard InChI is InChI=1S/C18H22N2.2ClH/c1-15-7-8-17(14-16-5-3-2-4-6-16)18(13-15)20-11-9-19-10-12-20;;/h2-8,13,19H,9-12,14H2,1H3;2*1H. The highest BCUT2D eigenvalue weighted by Crippen LogP contribution is 2.25. The van der Waals surface area contributed by atoms with Gasteiger partial charge in [0.1, 0.15) is 0 Å². The molecule has 1 fully saturated rings. The van der Waals surface area contributed by atoms with Gasteiger partial charge in [0.05, 0.1) is 0 Å². The molecule has 1 aliphatic heterocycles. The normalized spacial score (nSPS) is 14.0. The van der Waals surface area contributed by atoms with Crippen molar-refractivity contribution >= 4 is 30.5 Å². The zero-order chi connectivity index (χ0) is 13.8. The molecule has 120 valence electrons. The SMILES string of the molecule is Cc1ccc(Cc2ccccc2)c(N2CCNCC2)c1.Cl.Cl. The second kappa shape index (κ2) is 9.04. The molecule has 1 heterocycles. The Morgan fingerprint density at radius 3 is 2.32 bits per heavy atom. The molecule has 22 heavy (non-hydrogen) atoms. The monoisotopic (exact) mass is 338 g/mol. The minimum Gasteiger partial charge on any atom is -0.369 e. The number of rotatable bonds is 3. The Balaban J connectivity index is 0.00000121. The summed E-state index contributed by atoms with van der Waals surface area (Å²) in [5.74, 6) is 0. The predicted octanol–water partition coefficient (Wildman–Crippen LogP) is 3.84. The van der Waals surface area contributed by atoms with Crippen molar-refractivity contribution in [3.05, 3.63) is 65.2 Å². The molecule has 0 radical (unpaired) electrons. The molecule has 0 spiro atoms. The van der Waals surface area contributed by atoms with Crippen molar-refractivity contribution in [2.75, 3.05) is 31.1 Å². The van der Waals surface area contributed by atoms with Crippen molar-refractivity contribution in [3.63, 3.8) is 0 Å². The van der Waals surface area contributed by atoms with Gasteiger partial charge in [-0.05, 0) is 36.1 Å². The first-order chi connectivity index (χ1) is 9.83. The number of nitrogens with zero attached hydrogens (tertiary/aromatic N) is 1. The molecule has 0 aliphatic carbocycles. The number of aryl methyl sites for hydroxylation is 1. The molecule has 0 bridgehead atoms. The van der Waals surface area contributed by atoms with E-state index < -0.39 is 0 Å². The predicted molar refractivity (Wildman–Crippen MR) is 100 cm³/mol. The van der Waals surface area contributed by atoms with E-state index >= 15 is 0 Å². The molecule has 0 unspecified atom stereocenters. The lowest BCUT2D eigenvalue weighted by Gasteiger charge is -2.31. The number of benzene rings is 2. The van der Waals surface area contributed by atoms with Gasteiger partial charge in [-0.3, -0.25) is 0 Å². The van der Waals surface area contributed by atoms with Gasteiger partial charge in [-0.2, -0.15) is 0 Å². The van der Waals surface area contributed by atoms with Crippen LogP contribution < -0.4 is 10.2 Å². The van der Waals surface area contributed by atoms with Crippen LogP contribution in [0.2, 0.25) is 0 Å². The molecule has 0 atom stereocenters. The zero-order valence-corrected chi connectivity index (χ0v) is 14.6. The molecule has 1 aliphatic rings. The van der Waals surface area contributed by atoms with Crippen LogP contribution in [-0.2, 0) is 6.42 Å². The molecule has 2 aromatic carbocycles. The summed E-state index contributed by atoms with van der Waals surface area (Å²) in [5.41, 5.74) is 5.57. The number of nitrogens with one attached hydrogen (secondary N) is 1. The van der Waals surface area contributed by atoms with E-state index in [1.807, 2.05) is 0 Å². The fraction of sp³-hybridized carbons (Fsp3) is 0.333. The molecular formula is C18H24Cl2N2. The second-order valence-corrected chi connectivity index (χ2v) is 5.53. The Kier molecular flexibility index (Phi) is 7.74. The van der Waals surface area contributed by atoms with Crippen molar-refractivity contribution in [3.8, 4) is 0 Å². The molecule has 0 saturated carbocycles. The maximum absolute atomic E-state index is 3.43. The topological polar surface area (TPSA) is 15.3 Å². The van der Waals surface area contributed by atoms with E-state index in [0.29, 0.717) is 0 Å². The van der Waals surface area contributed by atoms with Crippen LogP contribution in [0.15, 0.2) is 48.5 Å². The van der Waals surface area contributed by atoms with Gasteiger partial charge in [-0.25, -0.2) is 0 Å². The summed E-state index contributed by atoms with van der Waals surface area (Å²) >= 11 is 0. The summed E-state index contributed by atoms with van der Waals surface area (Å²) in [6.45, 7) is 6.55. The number of hydrogen-bond acceptors (Lipinski definition) is 2. The fourth-order valence-electron chi connectivity index (χ4n) is 2.84. The van der Waals surface area contributed by atoms with Crippen LogP contribution in [0.3, 0.4) is 0 Å². The van der Waals surface area contributed by atoms with E-state index in [1.165, 1.54) is 22.4 Å². The van der Waals surface area contributed by atoms with Crippen molar-refractivity contribution in [2.24, 2.45) is 0 Å². The van der Waals surface area contributed by atoms with Crippen LogP contribution >= 0.6 is 24.8 Å². The zero-order valence-electron chi connectivity index (χ0n) is 12.9. The third kappa shape index (κ3) is 4.64. The summed E-state index contributed by atoms with van der Waals surface area (Å²) < 4.78 is 0. The second-order valence-electron chi connectivity index (χ2n) is 5.53. The maximum Gasteiger partial charge on any atom is 0.0405 e. The van der Waals surface area contributed by atoms with Gasteiger partial charge in [-0.1, -0.05) is 42.5 Å². The fourth-order valence-corrected chi connectivity index (χ4v) is 2.84. The van der Waals surface area contributed by atoms with E-state index in [2.05, 4.69) is 65.7 Å². The van der Waals surface area contributed by atoms with E-state index in [9.17, 15) is 0 Å². The highest BCUT2D eigenvalue weighted by molar-refractivity contribution is 5.85. The van der Waals surface area contributed by atoms with E-state index in [4.69, 9.17) is 0 Å². The Morgan fingerprint density at radius 2 is 1.64 bits per heavy atom. The molecule has 0 aromatic heterocycles. The average Bonchev–Trinajstić information content (AvgIpc) is 2.51. The molecule has 3 rings (SSSR count). The van der Waals surface area contributed by atoms with Crippen LogP contribution in [0, 0.1) is 6.92 Å². The maximum atomic E-state index is 3.43. The molecule has 1 saturated heterocycles. The number of hydrogen-bond donors (Lipinski definition) is 1. The Morgan fingerprint density at radius 1 is 0.955 bits per heavy atom. The molecule has 4 heteroatoms. The van der Waals surface area contributed by atoms with Gasteiger partial charge in [0.2, 0.25) is 0 Å². The lowest BCUT2D eigenvalue weighted by atomic mass is 10.0. The highest BCUT2D eigenvalue weighted by atomic mass is 35.5. The molecule has 0 amide bonds. The van der Waals surface area contributed by atoms with Gasteiger partial charge >= 0.3 is 0 Å². The largest absolute Gasteiger partial charge is 0.369 e. The van der Waals surface area contributed by atoms with Crippen molar-refractivity contribution in [1.29, 1.82) is 0 Å². The van der Waals surface area contributed by atoms with Crippen molar-refractivity contribution < 1.29 is 0 Å². The first kappa shape index (κ1) is 18.8. The van der Waals surface area contributed by atoms with Gasteiger partial charge in [0, 0.05) is 31.9 Å². The van der Waals surface area contributed by atoms with E-state index in [1.54, 1.807) is 0 Å². The molecular weight excluding hydrogens is 315 g/mol. The number of piperazine rings is 1. The van der Waals surface area contributed by atoms with Gasteiger partial charge in [0.25, 0.3) is 0 Å². The van der Waals surface area contributed by atoms with Crippen LogP contribution in [-0.4, -0.2) is 26.2 Å². The van der Waals surface area contributed by atoms with Crippen LogP contribution in [0.1, 0.15) is 16.7 Å². The molecule has 2 nitrogen and oxygen atoms in total. The van der Waals surface area contributed by atoms with Crippen molar-refractivity contribution in [2.45, 2.75) is 13.3 Å². The van der Waals surface area contributed by atoms with Gasteiger partial charge in [-0.15, -0.1) is 24.8 Å². The minimum absolute atomic E-state index is 0. The number of anilines is 1. The van der Waals surface area contributed by atoms with Crippen LogP contribution in [0.5, 0.6) is 0 Å². The summed E-state index contributed by atoms with van der Waals surface area (Å²) in [7, 11) is 0. The highest BCUT2D eigenvalue weighted by Gasteiger charge is 2.14. The first-order valence-electron chi connectivity index (χ1n) is 7.42. The third-order valence-corrected chi connectivity index (χ3v) is 3.94. The lowest BCUT2D eigenvalue weighted by Crippen LogP contribution is -2.43. The van der Waals surface area contributed by atoms with Crippen molar-refractivity contribution in [1.82, 2.24) is 5.32 Å².